The summed E-state index contributed by atoms with van der Waals surface area (Å²) >= 11 is 1.55. The Morgan fingerprint density at radius 2 is 1.59 bits per heavy atom. The number of thioether (sulfide) groups is 1. The normalized spacial score (nSPS) is 11.1. The van der Waals surface area contributed by atoms with E-state index in [9.17, 15) is 13.2 Å². The van der Waals surface area contributed by atoms with Crippen molar-refractivity contribution in [1.29, 1.82) is 0 Å². The fourth-order valence-corrected chi connectivity index (χ4v) is 5.30. The standard InChI is InChI=1S/C25H28N2O5S2/c1-5-27(34(29,30)22-13-11-21(33-4)12-14-22)20-9-7-19(8-10-20)25(28)26-17-18-6-15-23(31-2)24(16-18)32-3/h6-16H,5,17H2,1-4H3,(H,26,28). The number of hydrogen-bond donors (Lipinski definition) is 1. The number of anilines is 1. The summed E-state index contributed by atoms with van der Waals surface area (Å²) in [6.45, 7) is 2.34. The first-order valence-corrected chi connectivity index (χ1v) is 13.3. The minimum atomic E-state index is -3.72. The topological polar surface area (TPSA) is 84.9 Å². The van der Waals surface area contributed by atoms with Gasteiger partial charge >= 0.3 is 0 Å². The SMILES string of the molecule is CCN(c1ccc(C(=O)NCc2ccc(OC)c(OC)c2)cc1)S(=O)(=O)c1ccc(SC)cc1. The van der Waals surface area contributed by atoms with Crippen LogP contribution in [0.25, 0.3) is 0 Å². The summed E-state index contributed by atoms with van der Waals surface area (Å²) in [6.07, 6.45) is 1.94. The Kier molecular flexibility index (Phi) is 8.46. The maximum absolute atomic E-state index is 13.2. The van der Waals surface area contributed by atoms with E-state index in [0.29, 0.717) is 29.3 Å². The second kappa shape index (κ2) is 11.3. The van der Waals surface area contributed by atoms with Crippen LogP contribution in [0, 0.1) is 0 Å². The lowest BCUT2D eigenvalue weighted by molar-refractivity contribution is 0.0951. The van der Waals surface area contributed by atoms with E-state index in [1.165, 1.54) is 4.31 Å². The molecule has 0 saturated heterocycles. The number of hydrogen-bond acceptors (Lipinski definition) is 6. The number of sulfonamides is 1. The predicted molar refractivity (Wildman–Crippen MR) is 136 cm³/mol. The number of nitrogens with one attached hydrogen (secondary N) is 1. The van der Waals surface area contributed by atoms with E-state index in [4.69, 9.17) is 9.47 Å². The summed E-state index contributed by atoms with van der Waals surface area (Å²) in [6, 6.07) is 18.8. The number of ether oxygens (including phenoxy) is 2. The molecule has 0 aliphatic rings. The van der Waals surface area contributed by atoms with E-state index in [0.717, 1.165) is 10.5 Å². The Morgan fingerprint density at radius 1 is 0.941 bits per heavy atom. The molecular formula is C25H28N2O5S2. The minimum absolute atomic E-state index is 0.226. The van der Waals surface area contributed by atoms with Gasteiger partial charge in [-0.3, -0.25) is 9.10 Å². The van der Waals surface area contributed by atoms with E-state index in [1.54, 1.807) is 93.6 Å². The molecule has 7 nitrogen and oxygen atoms in total. The molecule has 0 bridgehead atoms. The van der Waals surface area contributed by atoms with E-state index < -0.39 is 10.0 Å². The second-order valence-corrected chi connectivity index (χ2v) is 10.0. The number of nitrogens with zero attached hydrogens (tertiary/aromatic N) is 1. The highest BCUT2D eigenvalue weighted by Crippen LogP contribution is 2.28. The van der Waals surface area contributed by atoms with Crippen LogP contribution in [-0.2, 0) is 16.6 Å². The van der Waals surface area contributed by atoms with Crippen LogP contribution in [0.1, 0.15) is 22.8 Å². The van der Waals surface area contributed by atoms with Crippen molar-refractivity contribution >= 4 is 33.4 Å². The second-order valence-electron chi connectivity index (χ2n) is 7.26. The molecule has 0 fully saturated rings. The summed E-state index contributed by atoms with van der Waals surface area (Å²) in [7, 11) is -0.599. The van der Waals surface area contributed by atoms with Crippen molar-refractivity contribution in [3.8, 4) is 11.5 Å². The molecule has 3 rings (SSSR count). The maximum Gasteiger partial charge on any atom is 0.264 e. The van der Waals surface area contributed by atoms with Crippen LogP contribution in [0.2, 0.25) is 0 Å². The highest BCUT2D eigenvalue weighted by Gasteiger charge is 2.23. The Hall–Kier alpha value is -3.17. The number of carbonyl (C=O) groups excluding carboxylic acids is 1. The zero-order valence-corrected chi connectivity index (χ0v) is 21.2. The zero-order chi connectivity index (χ0) is 24.7. The first-order valence-electron chi connectivity index (χ1n) is 10.6. The van der Waals surface area contributed by atoms with Crippen LogP contribution in [0.15, 0.2) is 76.5 Å². The van der Waals surface area contributed by atoms with Gasteiger partial charge in [0.1, 0.15) is 0 Å². The molecule has 0 spiro atoms. The highest BCUT2D eigenvalue weighted by atomic mass is 32.2. The minimum Gasteiger partial charge on any atom is -0.493 e. The first kappa shape index (κ1) is 25.5. The molecule has 0 radical (unpaired) electrons. The lowest BCUT2D eigenvalue weighted by atomic mass is 10.1. The lowest BCUT2D eigenvalue weighted by Gasteiger charge is -2.23. The molecule has 1 amide bonds. The fraction of sp³-hybridized carbons (Fsp3) is 0.240. The third-order valence-electron chi connectivity index (χ3n) is 5.25. The zero-order valence-electron chi connectivity index (χ0n) is 19.6. The van der Waals surface area contributed by atoms with Gasteiger partial charge in [-0.15, -0.1) is 11.8 Å². The molecule has 0 unspecified atom stereocenters. The molecule has 0 aliphatic carbocycles. The van der Waals surface area contributed by atoms with Gasteiger partial charge in [0.2, 0.25) is 0 Å². The number of amides is 1. The summed E-state index contributed by atoms with van der Waals surface area (Å²) in [5.74, 6) is 0.936. The molecule has 1 N–H and O–H groups in total. The van der Waals surface area contributed by atoms with E-state index in [2.05, 4.69) is 5.32 Å². The Morgan fingerprint density at radius 3 is 2.15 bits per heavy atom. The van der Waals surface area contributed by atoms with Crippen molar-refractivity contribution in [3.05, 3.63) is 77.9 Å². The van der Waals surface area contributed by atoms with Crippen molar-refractivity contribution < 1.29 is 22.7 Å². The van der Waals surface area contributed by atoms with Gasteiger partial charge in [-0.05, 0) is 79.4 Å². The van der Waals surface area contributed by atoms with Gasteiger partial charge in [-0.1, -0.05) is 6.07 Å². The van der Waals surface area contributed by atoms with E-state index in [-0.39, 0.29) is 17.3 Å². The smallest absolute Gasteiger partial charge is 0.264 e. The molecule has 3 aromatic carbocycles. The highest BCUT2D eigenvalue weighted by molar-refractivity contribution is 7.98. The fourth-order valence-electron chi connectivity index (χ4n) is 3.42. The van der Waals surface area contributed by atoms with Crippen LogP contribution in [0.4, 0.5) is 5.69 Å². The van der Waals surface area contributed by atoms with Gasteiger partial charge in [-0.2, -0.15) is 0 Å². The van der Waals surface area contributed by atoms with Gasteiger partial charge in [-0.25, -0.2) is 8.42 Å². The number of benzene rings is 3. The van der Waals surface area contributed by atoms with Gasteiger partial charge in [0, 0.05) is 23.5 Å². The van der Waals surface area contributed by atoms with E-state index >= 15 is 0 Å². The maximum atomic E-state index is 13.2. The molecule has 0 saturated carbocycles. The van der Waals surface area contributed by atoms with Gasteiger partial charge in [0.25, 0.3) is 15.9 Å². The largest absolute Gasteiger partial charge is 0.493 e. The number of methoxy groups -OCH3 is 2. The Labute approximate surface area is 205 Å². The Bertz CT molecular complexity index is 1230. The summed E-state index contributed by atoms with van der Waals surface area (Å²) < 4.78 is 38.2. The van der Waals surface area contributed by atoms with E-state index in [1.807, 2.05) is 12.3 Å². The molecule has 3 aromatic rings. The molecule has 34 heavy (non-hydrogen) atoms. The average molecular weight is 501 g/mol. The van der Waals surface area contributed by atoms with Gasteiger partial charge in [0.05, 0.1) is 24.8 Å². The number of carbonyl (C=O) groups is 1. The molecule has 0 aromatic heterocycles. The van der Waals surface area contributed by atoms with Crippen LogP contribution >= 0.6 is 11.8 Å². The average Bonchev–Trinajstić information content (AvgIpc) is 2.87. The van der Waals surface area contributed by atoms with Crippen LogP contribution < -0.4 is 19.1 Å². The Balaban J connectivity index is 1.72. The molecule has 180 valence electrons. The van der Waals surface area contributed by atoms with Crippen LogP contribution in [0.3, 0.4) is 0 Å². The molecule has 0 heterocycles. The monoisotopic (exact) mass is 500 g/mol. The van der Waals surface area contributed by atoms with Crippen molar-refractivity contribution in [1.82, 2.24) is 5.32 Å². The predicted octanol–water partition coefficient (Wildman–Crippen LogP) is 4.57. The van der Waals surface area contributed by atoms with Crippen molar-refractivity contribution in [2.75, 3.05) is 31.3 Å². The third-order valence-corrected chi connectivity index (χ3v) is 7.91. The quantitative estimate of drug-likeness (QED) is 0.411. The van der Waals surface area contributed by atoms with Crippen LogP contribution in [-0.4, -0.2) is 41.3 Å². The van der Waals surface area contributed by atoms with Gasteiger partial charge in [0.15, 0.2) is 11.5 Å². The summed E-state index contributed by atoms with van der Waals surface area (Å²) in [4.78, 5) is 13.8. The summed E-state index contributed by atoms with van der Waals surface area (Å²) in [5.41, 5.74) is 1.79. The van der Waals surface area contributed by atoms with Crippen LogP contribution in [0.5, 0.6) is 11.5 Å². The summed E-state index contributed by atoms with van der Waals surface area (Å²) in [5, 5.41) is 2.86. The third kappa shape index (κ3) is 5.66. The molecule has 9 heteroatoms. The van der Waals surface area contributed by atoms with Gasteiger partial charge < -0.3 is 14.8 Å². The molecular weight excluding hydrogens is 472 g/mol. The van der Waals surface area contributed by atoms with Crippen molar-refractivity contribution in [2.45, 2.75) is 23.3 Å². The van der Waals surface area contributed by atoms with Crippen molar-refractivity contribution in [2.24, 2.45) is 0 Å². The molecule has 0 atom stereocenters. The number of rotatable bonds is 10. The first-order chi connectivity index (χ1) is 16.3. The van der Waals surface area contributed by atoms with Crippen molar-refractivity contribution in [3.63, 3.8) is 0 Å². The lowest BCUT2D eigenvalue weighted by Crippen LogP contribution is -2.31. The molecule has 0 aliphatic heterocycles.